The average Bonchev–Trinajstić information content (AvgIpc) is 2.76. The Kier molecular flexibility index (Phi) is 5.64. The van der Waals surface area contributed by atoms with Crippen LogP contribution >= 0.6 is 0 Å². The van der Waals surface area contributed by atoms with Crippen molar-refractivity contribution in [2.24, 2.45) is 5.41 Å². The van der Waals surface area contributed by atoms with Gasteiger partial charge >= 0.3 is 0 Å². The molecule has 0 amide bonds. The van der Waals surface area contributed by atoms with E-state index >= 15 is 0 Å². The minimum absolute atomic E-state index is 0.129. The molecule has 0 fully saturated rings. The van der Waals surface area contributed by atoms with Gasteiger partial charge < -0.3 is 10.6 Å². The van der Waals surface area contributed by atoms with Gasteiger partial charge in [-0.1, -0.05) is 64.1 Å². The number of carbonyl (C=O) groups is 2. The van der Waals surface area contributed by atoms with Crippen LogP contribution in [-0.4, -0.2) is 18.6 Å². The number of benzene rings is 3. The minimum atomic E-state index is -0.132. The quantitative estimate of drug-likeness (QED) is 0.369. The Morgan fingerprint density at radius 1 is 0.812 bits per heavy atom. The summed E-state index contributed by atoms with van der Waals surface area (Å²) >= 11 is 0. The molecule has 4 rings (SSSR count). The zero-order valence-electron chi connectivity index (χ0n) is 19.4. The van der Waals surface area contributed by atoms with E-state index in [2.05, 4.69) is 50.5 Å². The maximum Gasteiger partial charge on any atom is 0.196 e. The lowest BCUT2D eigenvalue weighted by Crippen LogP contribution is -2.23. The summed E-state index contributed by atoms with van der Waals surface area (Å²) in [5, 5.41) is 6.50. The average molecular weight is 427 g/mol. The van der Waals surface area contributed by atoms with Crippen LogP contribution in [0.1, 0.15) is 77.4 Å². The molecule has 2 N–H and O–H groups in total. The lowest BCUT2D eigenvalue weighted by Gasteiger charge is -2.25. The normalized spacial score (nSPS) is 13.9. The lowest BCUT2D eigenvalue weighted by atomic mass is 9.82. The zero-order valence-corrected chi connectivity index (χ0v) is 19.4. The van der Waals surface area contributed by atoms with Crippen LogP contribution in [0, 0.1) is 5.41 Å². The third kappa shape index (κ3) is 4.05. The topological polar surface area (TPSA) is 58.2 Å². The van der Waals surface area contributed by atoms with Crippen LogP contribution in [0.15, 0.2) is 60.7 Å². The molecular weight excluding hydrogens is 396 g/mol. The summed E-state index contributed by atoms with van der Waals surface area (Å²) in [5.74, 6) is 0.148. The molecular formula is C28H30N2O2. The van der Waals surface area contributed by atoms with Gasteiger partial charge in [0.1, 0.15) is 0 Å². The Labute approximate surface area is 190 Å². The number of fused-ring (bicyclic) bond motifs is 2. The molecule has 32 heavy (non-hydrogen) atoms. The molecule has 3 aromatic carbocycles. The molecule has 4 nitrogen and oxygen atoms in total. The van der Waals surface area contributed by atoms with E-state index in [0.29, 0.717) is 39.5 Å². The van der Waals surface area contributed by atoms with Gasteiger partial charge in [0.05, 0.1) is 16.8 Å². The fourth-order valence-electron chi connectivity index (χ4n) is 4.65. The van der Waals surface area contributed by atoms with Gasteiger partial charge in [-0.15, -0.1) is 0 Å². The highest BCUT2D eigenvalue weighted by molar-refractivity contribution is 6.32. The second kappa shape index (κ2) is 8.27. The molecule has 164 valence electrons. The van der Waals surface area contributed by atoms with Gasteiger partial charge in [-0.25, -0.2) is 0 Å². The highest BCUT2D eigenvalue weighted by Crippen LogP contribution is 2.38. The monoisotopic (exact) mass is 426 g/mol. The van der Waals surface area contributed by atoms with Crippen molar-refractivity contribution in [1.82, 2.24) is 0 Å². The van der Waals surface area contributed by atoms with Crippen LogP contribution in [0.2, 0.25) is 0 Å². The van der Waals surface area contributed by atoms with Gasteiger partial charge in [0, 0.05) is 29.5 Å². The Morgan fingerprint density at radius 2 is 1.41 bits per heavy atom. The third-order valence-electron chi connectivity index (χ3n) is 6.00. The fourth-order valence-corrected chi connectivity index (χ4v) is 4.65. The standard InChI is InChI=1S/C28H30N2O2/c1-17(16-28(2,3)4)18-9-8-10-19(15-18)30-23-14-13-22(29-5)24-25(23)27(32)21-12-7-6-11-20(21)26(24)31/h6-15,17,29-30H,16H2,1-5H3. The highest BCUT2D eigenvalue weighted by atomic mass is 16.1. The SMILES string of the molecule is CNc1ccc(Nc2cccc(C(C)CC(C)(C)C)c2)c2c1C(=O)c1ccccc1C2=O. The van der Waals surface area contributed by atoms with E-state index in [1.54, 1.807) is 31.3 Å². The predicted molar refractivity (Wildman–Crippen MR) is 132 cm³/mol. The van der Waals surface area contributed by atoms with Crippen LogP contribution in [0.5, 0.6) is 0 Å². The Morgan fingerprint density at radius 3 is 2.00 bits per heavy atom. The maximum atomic E-state index is 13.4. The number of carbonyl (C=O) groups excluding carboxylic acids is 2. The van der Waals surface area contributed by atoms with Crippen LogP contribution in [0.3, 0.4) is 0 Å². The van der Waals surface area contributed by atoms with Crippen LogP contribution < -0.4 is 10.6 Å². The minimum Gasteiger partial charge on any atom is -0.388 e. The van der Waals surface area contributed by atoms with E-state index in [1.165, 1.54) is 5.56 Å². The summed E-state index contributed by atoms with van der Waals surface area (Å²) in [6, 6.07) is 19.1. The van der Waals surface area contributed by atoms with E-state index < -0.39 is 0 Å². The summed E-state index contributed by atoms with van der Waals surface area (Å²) in [7, 11) is 1.76. The number of anilines is 3. The van der Waals surface area contributed by atoms with Crippen molar-refractivity contribution in [2.75, 3.05) is 17.7 Å². The fraction of sp³-hybridized carbons (Fsp3) is 0.286. The largest absolute Gasteiger partial charge is 0.388 e. The number of hydrogen-bond acceptors (Lipinski definition) is 4. The first kappa shape index (κ1) is 21.8. The van der Waals surface area contributed by atoms with Gasteiger partial charge in [0.2, 0.25) is 0 Å². The summed E-state index contributed by atoms with van der Waals surface area (Å²) in [4.78, 5) is 26.7. The Hall–Kier alpha value is -3.40. The van der Waals surface area contributed by atoms with Crippen molar-refractivity contribution in [3.05, 3.63) is 88.5 Å². The summed E-state index contributed by atoms with van der Waals surface area (Å²) < 4.78 is 0. The highest BCUT2D eigenvalue weighted by Gasteiger charge is 2.33. The molecule has 0 aliphatic heterocycles. The Bertz CT molecular complexity index is 1200. The lowest BCUT2D eigenvalue weighted by molar-refractivity contribution is 0.0980. The molecule has 4 heteroatoms. The van der Waals surface area contributed by atoms with Gasteiger partial charge in [0.25, 0.3) is 0 Å². The van der Waals surface area contributed by atoms with Crippen LogP contribution in [0.4, 0.5) is 17.1 Å². The molecule has 1 unspecified atom stereocenters. The number of nitrogens with one attached hydrogen (secondary N) is 2. The van der Waals surface area contributed by atoms with Crippen molar-refractivity contribution in [1.29, 1.82) is 0 Å². The first-order valence-electron chi connectivity index (χ1n) is 11.1. The van der Waals surface area contributed by atoms with E-state index in [0.717, 1.165) is 12.1 Å². The van der Waals surface area contributed by atoms with Crippen LogP contribution in [-0.2, 0) is 0 Å². The molecule has 0 spiro atoms. The van der Waals surface area contributed by atoms with E-state index in [-0.39, 0.29) is 17.0 Å². The first-order valence-corrected chi connectivity index (χ1v) is 11.1. The van der Waals surface area contributed by atoms with Crippen molar-refractivity contribution >= 4 is 28.6 Å². The number of ketones is 2. The number of rotatable bonds is 5. The van der Waals surface area contributed by atoms with Gasteiger partial charge in [-0.3, -0.25) is 9.59 Å². The molecule has 3 aromatic rings. The molecule has 1 aliphatic carbocycles. The molecule has 1 atom stereocenters. The van der Waals surface area contributed by atoms with Crippen molar-refractivity contribution < 1.29 is 9.59 Å². The molecule has 0 bridgehead atoms. The summed E-state index contributed by atoms with van der Waals surface area (Å²) in [6.07, 6.45) is 1.08. The third-order valence-corrected chi connectivity index (χ3v) is 6.00. The molecule has 0 radical (unpaired) electrons. The van der Waals surface area contributed by atoms with E-state index in [4.69, 9.17) is 0 Å². The maximum absolute atomic E-state index is 13.4. The molecule has 0 saturated carbocycles. The number of hydrogen-bond donors (Lipinski definition) is 2. The smallest absolute Gasteiger partial charge is 0.196 e. The molecule has 0 saturated heterocycles. The first-order chi connectivity index (χ1) is 15.2. The second-order valence-corrected chi connectivity index (χ2v) is 9.78. The van der Waals surface area contributed by atoms with Gasteiger partial charge in [-0.2, -0.15) is 0 Å². The predicted octanol–water partition coefficient (Wildman–Crippen LogP) is 6.79. The molecule has 1 aliphatic rings. The van der Waals surface area contributed by atoms with E-state index in [1.807, 2.05) is 24.3 Å². The second-order valence-electron chi connectivity index (χ2n) is 9.78. The van der Waals surface area contributed by atoms with Gasteiger partial charge in [-0.05, 0) is 47.6 Å². The summed E-state index contributed by atoms with van der Waals surface area (Å²) in [5.41, 5.74) is 5.46. The van der Waals surface area contributed by atoms with E-state index in [9.17, 15) is 9.59 Å². The zero-order chi connectivity index (χ0) is 23.0. The van der Waals surface area contributed by atoms with Crippen molar-refractivity contribution in [3.63, 3.8) is 0 Å². The Balaban J connectivity index is 1.75. The van der Waals surface area contributed by atoms with Crippen molar-refractivity contribution in [2.45, 2.75) is 40.0 Å². The molecule has 0 aromatic heterocycles. The molecule has 0 heterocycles. The van der Waals surface area contributed by atoms with Crippen molar-refractivity contribution in [3.8, 4) is 0 Å². The van der Waals surface area contributed by atoms with Gasteiger partial charge in [0.15, 0.2) is 11.6 Å². The summed E-state index contributed by atoms with van der Waals surface area (Å²) in [6.45, 7) is 9.00. The van der Waals surface area contributed by atoms with Crippen LogP contribution in [0.25, 0.3) is 0 Å².